The number of aryl methyl sites for hydroxylation is 1. The van der Waals surface area contributed by atoms with Crippen molar-refractivity contribution in [1.29, 1.82) is 0 Å². The number of hydrogen-bond donors (Lipinski definition) is 1. The molecule has 0 radical (unpaired) electrons. The number of anilines is 2. The highest BCUT2D eigenvalue weighted by Crippen LogP contribution is 2.30. The van der Waals surface area contributed by atoms with Crippen LogP contribution in [0.25, 0.3) is 0 Å². The van der Waals surface area contributed by atoms with E-state index in [1.54, 1.807) is 0 Å². The molecule has 5 heteroatoms. The number of hydrogen-bond acceptors (Lipinski definition) is 5. The van der Waals surface area contributed by atoms with Crippen molar-refractivity contribution < 1.29 is 0 Å². The van der Waals surface area contributed by atoms with Crippen LogP contribution in [-0.4, -0.2) is 47.6 Å². The fourth-order valence-corrected chi connectivity index (χ4v) is 3.26. The summed E-state index contributed by atoms with van der Waals surface area (Å²) in [6.07, 6.45) is 4.47. The number of rotatable bonds is 1. The van der Waals surface area contributed by atoms with Gasteiger partial charge in [-0.1, -0.05) is 0 Å². The van der Waals surface area contributed by atoms with Crippen LogP contribution in [0.1, 0.15) is 18.4 Å². The Labute approximate surface area is 108 Å². The van der Waals surface area contributed by atoms with Crippen molar-refractivity contribution in [2.45, 2.75) is 25.8 Å². The Morgan fingerprint density at radius 1 is 1.28 bits per heavy atom. The molecular weight excluding hydrogens is 226 g/mol. The molecule has 1 aromatic rings. The number of likely N-dealkylation sites (N-methyl/N-ethyl adjacent to an activating group) is 1. The molecule has 3 saturated heterocycles. The number of nitrogens with zero attached hydrogens (tertiary/aromatic N) is 4. The van der Waals surface area contributed by atoms with Crippen molar-refractivity contribution in [2.75, 3.05) is 37.3 Å². The second-order valence-electron chi connectivity index (χ2n) is 5.68. The van der Waals surface area contributed by atoms with Crippen molar-refractivity contribution in [1.82, 2.24) is 14.9 Å². The van der Waals surface area contributed by atoms with Gasteiger partial charge in [-0.3, -0.25) is 0 Å². The van der Waals surface area contributed by atoms with Crippen LogP contribution in [0.5, 0.6) is 0 Å². The summed E-state index contributed by atoms with van der Waals surface area (Å²) in [5, 5.41) is 0. The van der Waals surface area contributed by atoms with Gasteiger partial charge >= 0.3 is 0 Å². The summed E-state index contributed by atoms with van der Waals surface area (Å²) in [5.41, 5.74) is 6.84. The fraction of sp³-hybridized carbons (Fsp3) is 0.692. The first kappa shape index (κ1) is 11.7. The normalized spacial score (nSPS) is 28.4. The molecule has 0 amide bonds. The zero-order valence-corrected chi connectivity index (χ0v) is 11.1. The monoisotopic (exact) mass is 247 g/mol. The summed E-state index contributed by atoms with van der Waals surface area (Å²) in [4.78, 5) is 13.4. The molecule has 2 bridgehead atoms. The van der Waals surface area contributed by atoms with Crippen molar-refractivity contribution >= 4 is 11.8 Å². The van der Waals surface area contributed by atoms with Gasteiger partial charge in [0.15, 0.2) is 0 Å². The van der Waals surface area contributed by atoms with Crippen LogP contribution in [0, 0.1) is 12.8 Å². The van der Waals surface area contributed by atoms with E-state index in [0.717, 1.165) is 30.4 Å². The first-order valence-corrected chi connectivity index (χ1v) is 6.68. The number of nitrogens with two attached hydrogens (primary N) is 1. The van der Waals surface area contributed by atoms with Crippen molar-refractivity contribution in [2.24, 2.45) is 5.92 Å². The standard InChI is InChI=1S/C13H21N5/c1-9-5-15-13(14)16-12(9)18-7-10-3-4-11(8-18)17(2)6-10/h5,10-11H,3-4,6-8H2,1-2H3,(H2,14,15,16)/t10-,11-/m0/s1. The first-order valence-electron chi connectivity index (χ1n) is 6.68. The summed E-state index contributed by atoms with van der Waals surface area (Å²) in [6, 6.07) is 0.652. The van der Waals surface area contributed by atoms with Gasteiger partial charge in [0, 0.05) is 37.4 Å². The lowest BCUT2D eigenvalue weighted by Gasteiger charge is -2.32. The summed E-state index contributed by atoms with van der Waals surface area (Å²) >= 11 is 0. The van der Waals surface area contributed by atoms with Gasteiger partial charge in [-0.05, 0) is 32.7 Å². The van der Waals surface area contributed by atoms with Gasteiger partial charge in [-0.25, -0.2) is 4.98 Å². The molecule has 3 fully saturated rings. The van der Waals surface area contributed by atoms with Crippen LogP contribution in [0.15, 0.2) is 6.20 Å². The van der Waals surface area contributed by atoms with Gasteiger partial charge in [0.25, 0.3) is 0 Å². The molecule has 4 heterocycles. The van der Waals surface area contributed by atoms with Crippen molar-refractivity contribution in [3.05, 3.63) is 11.8 Å². The lowest BCUT2D eigenvalue weighted by atomic mass is 9.96. The summed E-state index contributed by atoms with van der Waals surface area (Å²) in [5.74, 6) is 2.15. The maximum Gasteiger partial charge on any atom is 0.221 e. The molecular formula is C13H21N5. The molecule has 3 aliphatic rings. The van der Waals surface area contributed by atoms with Crippen LogP contribution < -0.4 is 10.6 Å². The van der Waals surface area contributed by atoms with Crippen molar-refractivity contribution in [3.8, 4) is 0 Å². The summed E-state index contributed by atoms with van der Waals surface area (Å²) < 4.78 is 0. The molecule has 0 unspecified atom stereocenters. The molecule has 1 aromatic heterocycles. The van der Waals surface area contributed by atoms with Gasteiger partial charge in [0.1, 0.15) is 5.82 Å². The highest BCUT2D eigenvalue weighted by molar-refractivity contribution is 5.48. The number of fused-ring (bicyclic) bond motifs is 4. The van der Waals surface area contributed by atoms with E-state index in [0.29, 0.717) is 12.0 Å². The van der Waals surface area contributed by atoms with Crippen molar-refractivity contribution in [3.63, 3.8) is 0 Å². The number of nitrogen functional groups attached to an aromatic ring is 1. The van der Waals surface area contributed by atoms with Crippen LogP contribution in [-0.2, 0) is 0 Å². The molecule has 0 saturated carbocycles. The third-order valence-electron chi connectivity index (χ3n) is 4.25. The molecule has 2 N–H and O–H groups in total. The maximum absolute atomic E-state index is 5.73. The van der Waals surface area contributed by atoms with Gasteiger partial charge < -0.3 is 15.5 Å². The Morgan fingerprint density at radius 3 is 2.89 bits per heavy atom. The minimum atomic E-state index is 0.376. The van der Waals surface area contributed by atoms with E-state index >= 15 is 0 Å². The maximum atomic E-state index is 5.73. The molecule has 0 aliphatic carbocycles. The van der Waals surface area contributed by atoms with Gasteiger partial charge in [0.05, 0.1) is 0 Å². The van der Waals surface area contributed by atoms with Crippen LogP contribution in [0.3, 0.4) is 0 Å². The molecule has 18 heavy (non-hydrogen) atoms. The number of piperidine rings is 1. The minimum Gasteiger partial charge on any atom is -0.368 e. The Balaban J connectivity index is 1.90. The van der Waals surface area contributed by atoms with E-state index < -0.39 is 0 Å². The second kappa shape index (κ2) is 4.39. The lowest BCUT2D eigenvalue weighted by molar-refractivity contribution is 0.169. The molecule has 4 rings (SSSR count). The second-order valence-corrected chi connectivity index (χ2v) is 5.68. The molecule has 98 valence electrons. The molecule has 2 atom stereocenters. The Hall–Kier alpha value is -1.36. The average molecular weight is 247 g/mol. The van der Waals surface area contributed by atoms with Crippen LogP contribution >= 0.6 is 0 Å². The highest BCUT2D eigenvalue weighted by Gasteiger charge is 2.33. The van der Waals surface area contributed by atoms with E-state index in [-0.39, 0.29) is 0 Å². The van der Waals surface area contributed by atoms with Crippen LogP contribution in [0.2, 0.25) is 0 Å². The van der Waals surface area contributed by atoms with Gasteiger partial charge in [-0.2, -0.15) is 4.98 Å². The van der Waals surface area contributed by atoms with E-state index in [9.17, 15) is 0 Å². The molecule has 0 spiro atoms. The predicted molar refractivity (Wildman–Crippen MR) is 72.5 cm³/mol. The third-order valence-corrected chi connectivity index (χ3v) is 4.25. The molecule has 0 aromatic carbocycles. The quantitative estimate of drug-likeness (QED) is 0.799. The first-order chi connectivity index (χ1) is 8.63. The van der Waals surface area contributed by atoms with E-state index in [4.69, 9.17) is 5.73 Å². The molecule has 3 aliphatic heterocycles. The van der Waals surface area contributed by atoms with E-state index in [1.807, 2.05) is 6.20 Å². The SMILES string of the molecule is Cc1cnc(N)nc1N1C[C@H]2CC[C@@H](C1)N(C)C2. The fourth-order valence-electron chi connectivity index (χ4n) is 3.26. The Kier molecular flexibility index (Phi) is 2.86. The zero-order valence-electron chi connectivity index (χ0n) is 11.1. The van der Waals surface area contributed by atoms with Gasteiger partial charge in [0.2, 0.25) is 5.95 Å². The average Bonchev–Trinajstić information content (AvgIpc) is 2.63. The lowest BCUT2D eigenvalue weighted by Crippen LogP contribution is -2.41. The van der Waals surface area contributed by atoms with Crippen LogP contribution in [0.4, 0.5) is 11.8 Å². The topological polar surface area (TPSA) is 58.3 Å². The van der Waals surface area contributed by atoms with E-state index in [2.05, 4.69) is 33.7 Å². The largest absolute Gasteiger partial charge is 0.368 e. The Morgan fingerprint density at radius 2 is 2.11 bits per heavy atom. The number of aromatic nitrogens is 2. The summed E-state index contributed by atoms with van der Waals surface area (Å²) in [7, 11) is 2.24. The summed E-state index contributed by atoms with van der Waals surface area (Å²) in [6.45, 7) is 5.43. The molecule has 5 nitrogen and oxygen atoms in total. The smallest absolute Gasteiger partial charge is 0.221 e. The van der Waals surface area contributed by atoms with E-state index in [1.165, 1.54) is 19.4 Å². The predicted octanol–water partition coefficient (Wildman–Crippen LogP) is 0.898. The van der Waals surface area contributed by atoms with Gasteiger partial charge in [-0.15, -0.1) is 0 Å². The zero-order chi connectivity index (χ0) is 12.7. The third kappa shape index (κ3) is 2.03. The minimum absolute atomic E-state index is 0.376. The highest BCUT2D eigenvalue weighted by atomic mass is 15.3. The Bertz CT molecular complexity index is 447.